The molecule has 0 aromatic heterocycles. The molecule has 0 saturated carbocycles. The SMILES string of the molecule is CC/C=C/C=C/C=C/C=C/C=C/CCCC(=O)OCC(CO)OC(=O)CCCCCCCCC/C=C/CCCCCCCCCC. The van der Waals surface area contributed by atoms with Crippen molar-refractivity contribution in [2.24, 2.45) is 0 Å². The van der Waals surface area contributed by atoms with Gasteiger partial charge in [-0.2, -0.15) is 0 Å². The largest absolute Gasteiger partial charge is 0.462 e. The molecule has 0 spiro atoms. The van der Waals surface area contributed by atoms with Gasteiger partial charge in [-0.05, 0) is 51.4 Å². The molecule has 0 aliphatic heterocycles. The summed E-state index contributed by atoms with van der Waals surface area (Å²) in [4.78, 5) is 24.1. The van der Waals surface area contributed by atoms with Gasteiger partial charge < -0.3 is 14.6 Å². The number of carbonyl (C=O) groups is 2. The third-order valence-corrected chi connectivity index (χ3v) is 7.61. The van der Waals surface area contributed by atoms with Gasteiger partial charge in [-0.3, -0.25) is 9.59 Å². The van der Waals surface area contributed by atoms with Crippen molar-refractivity contribution in [2.45, 2.75) is 161 Å². The number of unbranched alkanes of at least 4 members (excludes halogenated alkanes) is 16. The van der Waals surface area contributed by atoms with Gasteiger partial charge in [0.25, 0.3) is 0 Å². The highest BCUT2D eigenvalue weighted by Crippen LogP contribution is 2.12. The van der Waals surface area contributed by atoms with Crippen molar-refractivity contribution in [1.82, 2.24) is 0 Å². The number of hydrogen-bond donors (Lipinski definition) is 1. The lowest BCUT2D eigenvalue weighted by Gasteiger charge is -2.15. The first-order valence-corrected chi connectivity index (χ1v) is 18.6. The first-order chi connectivity index (χ1) is 22.6. The number of aliphatic hydroxyl groups excluding tert-OH is 1. The molecule has 0 rings (SSSR count). The van der Waals surface area contributed by atoms with Crippen LogP contribution in [0.25, 0.3) is 0 Å². The monoisotopic (exact) mass is 641 g/mol. The van der Waals surface area contributed by atoms with Crippen LogP contribution in [0.2, 0.25) is 0 Å². The second-order valence-corrected chi connectivity index (χ2v) is 12.0. The Balaban J connectivity index is 3.67. The van der Waals surface area contributed by atoms with Crippen molar-refractivity contribution in [3.05, 3.63) is 72.9 Å². The third kappa shape index (κ3) is 34.2. The molecule has 1 atom stereocenters. The van der Waals surface area contributed by atoms with Crippen LogP contribution in [0.1, 0.15) is 155 Å². The molecule has 0 fully saturated rings. The van der Waals surface area contributed by atoms with E-state index in [4.69, 9.17) is 9.47 Å². The van der Waals surface area contributed by atoms with E-state index in [1.165, 1.54) is 89.9 Å². The fourth-order valence-electron chi connectivity index (χ4n) is 4.81. The Labute approximate surface area is 283 Å². The van der Waals surface area contributed by atoms with Crippen molar-refractivity contribution in [2.75, 3.05) is 13.2 Å². The van der Waals surface area contributed by atoms with Gasteiger partial charge in [0.15, 0.2) is 6.10 Å². The maximum absolute atomic E-state index is 12.1. The lowest BCUT2D eigenvalue weighted by atomic mass is 10.1. The van der Waals surface area contributed by atoms with Gasteiger partial charge in [0, 0.05) is 12.8 Å². The summed E-state index contributed by atoms with van der Waals surface area (Å²) in [7, 11) is 0. The van der Waals surface area contributed by atoms with Crippen LogP contribution < -0.4 is 0 Å². The number of aliphatic hydroxyl groups is 1. The molecular formula is C41H68O5. The molecule has 0 saturated heterocycles. The zero-order valence-corrected chi connectivity index (χ0v) is 29.6. The zero-order valence-electron chi connectivity index (χ0n) is 29.6. The van der Waals surface area contributed by atoms with Crippen LogP contribution in [0, 0.1) is 0 Å². The summed E-state index contributed by atoms with van der Waals surface area (Å²) < 4.78 is 10.5. The van der Waals surface area contributed by atoms with E-state index in [0.717, 1.165) is 32.1 Å². The van der Waals surface area contributed by atoms with Crippen molar-refractivity contribution in [3.8, 4) is 0 Å². The molecule has 1 unspecified atom stereocenters. The van der Waals surface area contributed by atoms with Gasteiger partial charge in [0.1, 0.15) is 6.61 Å². The summed E-state index contributed by atoms with van der Waals surface area (Å²) >= 11 is 0. The second kappa shape index (κ2) is 36.8. The van der Waals surface area contributed by atoms with Gasteiger partial charge in [-0.1, -0.05) is 164 Å². The Morgan fingerprint density at radius 3 is 1.52 bits per heavy atom. The fraction of sp³-hybridized carbons (Fsp3) is 0.659. The summed E-state index contributed by atoms with van der Waals surface area (Å²) in [6, 6.07) is 0. The molecule has 0 aromatic carbocycles. The van der Waals surface area contributed by atoms with Crippen LogP contribution in [0.15, 0.2) is 72.9 Å². The zero-order chi connectivity index (χ0) is 33.6. The van der Waals surface area contributed by atoms with Crippen LogP contribution in [-0.4, -0.2) is 36.4 Å². The van der Waals surface area contributed by atoms with Crippen LogP contribution >= 0.6 is 0 Å². The van der Waals surface area contributed by atoms with Gasteiger partial charge in [0.2, 0.25) is 0 Å². The van der Waals surface area contributed by atoms with Crippen LogP contribution in [0.4, 0.5) is 0 Å². The summed E-state index contributed by atoms with van der Waals surface area (Å²) in [6.07, 6.45) is 48.3. The standard InChI is InChI=1S/C41H68O5/c1-3-5-7-9-11-13-15-17-18-19-20-21-22-24-26-28-30-32-34-36-41(44)46-39(37-42)38-45-40(43)35-33-31-29-27-25-23-16-14-12-10-8-6-4-2/h6,8,10,12,14,16,19-20,23,25,27,29,39,42H,3-5,7,9,11,13,15,17-18,21-22,24,26,28,30-38H2,1-2H3/b8-6+,12-10+,16-14+,20-19+,25-23+,29-27+. The molecule has 0 aliphatic rings. The quantitative estimate of drug-likeness (QED) is 0.0343. The minimum Gasteiger partial charge on any atom is -0.462 e. The van der Waals surface area contributed by atoms with Gasteiger partial charge in [-0.25, -0.2) is 0 Å². The Hall–Kier alpha value is -2.66. The minimum absolute atomic E-state index is 0.108. The highest BCUT2D eigenvalue weighted by Gasteiger charge is 2.16. The normalized spacial score (nSPS) is 13.0. The predicted molar refractivity (Wildman–Crippen MR) is 196 cm³/mol. The van der Waals surface area contributed by atoms with Crippen LogP contribution in [-0.2, 0) is 19.1 Å². The second-order valence-electron chi connectivity index (χ2n) is 12.0. The topological polar surface area (TPSA) is 72.8 Å². The molecule has 0 radical (unpaired) electrons. The van der Waals surface area contributed by atoms with Crippen LogP contribution in [0.3, 0.4) is 0 Å². The van der Waals surface area contributed by atoms with E-state index in [1.807, 2.05) is 54.7 Å². The summed E-state index contributed by atoms with van der Waals surface area (Å²) in [5.74, 6) is -0.689. The number of hydrogen-bond acceptors (Lipinski definition) is 5. The maximum atomic E-state index is 12.1. The van der Waals surface area contributed by atoms with E-state index >= 15 is 0 Å². The summed E-state index contributed by atoms with van der Waals surface area (Å²) in [6.45, 7) is 3.91. The van der Waals surface area contributed by atoms with Gasteiger partial charge >= 0.3 is 11.9 Å². The average Bonchev–Trinajstić information content (AvgIpc) is 3.06. The van der Waals surface area contributed by atoms with Crippen molar-refractivity contribution < 1.29 is 24.2 Å². The summed E-state index contributed by atoms with van der Waals surface area (Å²) in [5.41, 5.74) is 0. The van der Waals surface area contributed by atoms with E-state index in [0.29, 0.717) is 12.8 Å². The Morgan fingerprint density at radius 1 is 0.522 bits per heavy atom. The highest BCUT2D eigenvalue weighted by atomic mass is 16.6. The van der Waals surface area contributed by atoms with E-state index in [1.54, 1.807) is 0 Å². The van der Waals surface area contributed by atoms with E-state index < -0.39 is 6.10 Å². The predicted octanol–water partition coefficient (Wildman–Crippen LogP) is 11.4. The lowest BCUT2D eigenvalue weighted by molar-refractivity contribution is -0.161. The Bertz CT molecular complexity index is 864. The van der Waals surface area contributed by atoms with Crippen molar-refractivity contribution in [3.63, 3.8) is 0 Å². The smallest absolute Gasteiger partial charge is 0.306 e. The van der Waals surface area contributed by atoms with E-state index in [-0.39, 0.29) is 31.6 Å². The van der Waals surface area contributed by atoms with E-state index in [2.05, 4.69) is 32.1 Å². The molecule has 262 valence electrons. The average molecular weight is 641 g/mol. The Kier molecular flexibility index (Phi) is 34.7. The van der Waals surface area contributed by atoms with Gasteiger partial charge in [-0.15, -0.1) is 0 Å². The molecule has 1 N–H and O–H groups in total. The number of esters is 2. The first kappa shape index (κ1) is 43.3. The van der Waals surface area contributed by atoms with Crippen LogP contribution in [0.5, 0.6) is 0 Å². The maximum Gasteiger partial charge on any atom is 0.306 e. The molecule has 0 bridgehead atoms. The molecular weight excluding hydrogens is 572 g/mol. The molecule has 46 heavy (non-hydrogen) atoms. The highest BCUT2D eigenvalue weighted by molar-refractivity contribution is 5.70. The molecule has 0 aromatic rings. The number of rotatable bonds is 32. The molecule has 0 aliphatic carbocycles. The fourth-order valence-corrected chi connectivity index (χ4v) is 4.81. The summed E-state index contributed by atoms with van der Waals surface area (Å²) in [5, 5.41) is 9.52. The number of ether oxygens (including phenoxy) is 2. The molecule has 5 heteroatoms. The third-order valence-electron chi connectivity index (χ3n) is 7.61. The number of carbonyl (C=O) groups excluding carboxylic acids is 2. The lowest BCUT2D eigenvalue weighted by Crippen LogP contribution is -2.28. The molecule has 0 amide bonds. The minimum atomic E-state index is -0.804. The molecule has 0 heterocycles. The Morgan fingerprint density at radius 2 is 0.978 bits per heavy atom. The number of allylic oxidation sites excluding steroid dienone is 12. The molecule has 5 nitrogen and oxygen atoms in total. The van der Waals surface area contributed by atoms with Crippen molar-refractivity contribution in [1.29, 1.82) is 0 Å². The van der Waals surface area contributed by atoms with Crippen molar-refractivity contribution >= 4 is 11.9 Å². The first-order valence-electron chi connectivity index (χ1n) is 18.6. The van der Waals surface area contributed by atoms with E-state index in [9.17, 15) is 14.7 Å². The van der Waals surface area contributed by atoms with Gasteiger partial charge in [0.05, 0.1) is 6.61 Å².